The number of fused-ring (bicyclic) bond motifs is 1. The van der Waals surface area contributed by atoms with E-state index in [4.69, 9.17) is 9.47 Å². The number of Topliss-reactive ketones (excluding diaryl/α,β-unsaturated/α-hetero) is 1. The molecule has 4 heteroatoms. The van der Waals surface area contributed by atoms with Gasteiger partial charge in [-0.25, -0.2) is 0 Å². The molecule has 98 valence electrons. The number of thioether (sulfide) groups is 1. The summed E-state index contributed by atoms with van der Waals surface area (Å²) in [6, 6.07) is 1.94. The van der Waals surface area contributed by atoms with Crippen molar-refractivity contribution in [3.63, 3.8) is 0 Å². The number of benzene rings is 1. The van der Waals surface area contributed by atoms with E-state index < -0.39 is 0 Å². The first kappa shape index (κ1) is 13.3. The van der Waals surface area contributed by atoms with Crippen LogP contribution in [-0.4, -0.2) is 25.3 Å². The van der Waals surface area contributed by atoms with Crippen molar-refractivity contribution in [2.75, 3.05) is 14.2 Å². The SMILES string of the molecule is CCC1SCc2c(C)cc(OC)c(OC)c2C1=O. The highest BCUT2D eigenvalue weighted by Gasteiger charge is 2.32. The standard InChI is InChI=1S/C14H18O3S/c1-5-11-13(15)12-9(7-18-11)8(2)6-10(16-3)14(12)17-4/h6,11H,5,7H2,1-4H3. The molecule has 1 heterocycles. The molecule has 1 aliphatic rings. The van der Waals surface area contributed by atoms with E-state index in [0.29, 0.717) is 11.5 Å². The molecule has 3 nitrogen and oxygen atoms in total. The Morgan fingerprint density at radius 2 is 2.11 bits per heavy atom. The highest BCUT2D eigenvalue weighted by Crippen LogP contribution is 2.43. The van der Waals surface area contributed by atoms with Gasteiger partial charge in [0.2, 0.25) is 0 Å². The summed E-state index contributed by atoms with van der Waals surface area (Å²) in [6.07, 6.45) is 0.850. The second-order valence-electron chi connectivity index (χ2n) is 4.35. The van der Waals surface area contributed by atoms with Crippen molar-refractivity contribution in [3.8, 4) is 11.5 Å². The van der Waals surface area contributed by atoms with Gasteiger partial charge in [-0.1, -0.05) is 6.92 Å². The Balaban J connectivity index is 2.65. The fourth-order valence-corrected chi connectivity index (χ4v) is 3.58. The fraction of sp³-hybridized carbons (Fsp3) is 0.500. The molecule has 1 aromatic carbocycles. The molecule has 0 bridgehead atoms. The van der Waals surface area contributed by atoms with E-state index in [-0.39, 0.29) is 11.0 Å². The lowest BCUT2D eigenvalue weighted by Gasteiger charge is -2.26. The quantitative estimate of drug-likeness (QED) is 0.841. The van der Waals surface area contributed by atoms with Crippen molar-refractivity contribution in [3.05, 3.63) is 22.8 Å². The lowest BCUT2D eigenvalue weighted by Crippen LogP contribution is -2.24. The van der Waals surface area contributed by atoms with Crippen LogP contribution in [0.1, 0.15) is 34.8 Å². The molecule has 0 aromatic heterocycles. The zero-order valence-electron chi connectivity index (χ0n) is 11.2. The molecule has 18 heavy (non-hydrogen) atoms. The molecule has 1 atom stereocenters. The number of rotatable bonds is 3. The summed E-state index contributed by atoms with van der Waals surface area (Å²) in [6.45, 7) is 4.06. The maximum absolute atomic E-state index is 12.5. The topological polar surface area (TPSA) is 35.5 Å². The Hall–Kier alpha value is -1.16. The summed E-state index contributed by atoms with van der Waals surface area (Å²) in [5, 5.41) is 0.0397. The minimum Gasteiger partial charge on any atom is -0.493 e. The smallest absolute Gasteiger partial charge is 0.179 e. The number of ketones is 1. The van der Waals surface area contributed by atoms with Gasteiger partial charge in [-0.3, -0.25) is 4.79 Å². The molecular weight excluding hydrogens is 248 g/mol. The van der Waals surface area contributed by atoms with Crippen LogP contribution in [0.2, 0.25) is 0 Å². The Morgan fingerprint density at radius 3 is 2.67 bits per heavy atom. The molecule has 1 unspecified atom stereocenters. The number of carbonyl (C=O) groups excluding carboxylic acids is 1. The minimum atomic E-state index is 0.0397. The van der Waals surface area contributed by atoms with Gasteiger partial charge < -0.3 is 9.47 Å². The van der Waals surface area contributed by atoms with Gasteiger partial charge in [0.15, 0.2) is 17.3 Å². The third-order valence-electron chi connectivity index (χ3n) is 3.34. The first-order valence-corrected chi connectivity index (χ1v) is 7.09. The normalized spacial score (nSPS) is 18.4. The predicted molar refractivity (Wildman–Crippen MR) is 74.0 cm³/mol. The monoisotopic (exact) mass is 266 g/mol. The molecule has 1 aromatic rings. The first-order valence-electron chi connectivity index (χ1n) is 6.04. The van der Waals surface area contributed by atoms with Gasteiger partial charge in [-0.2, -0.15) is 0 Å². The molecule has 0 spiro atoms. The van der Waals surface area contributed by atoms with Gasteiger partial charge >= 0.3 is 0 Å². The van der Waals surface area contributed by atoms with Gasteiger partial charge in [0.25, 0.3) is 0 Å². The number of carbonyl (C=O) groups is 1. The molecule has 0 N–H and O–H groups in total. The van der Waals surface area contributed by atoms with Crippen molar-refractivity contribution in [2.45, 2.75) is 31.3 Å². The largest absolute Gasteiger partial charge is 0.493 e. The molecule has 2 rings (SSSR count). The molecule has 1 aliphatic heterocycles. The lowest BCUT2D eigenvalue weighted by atomic mass is 9.95. The Bertz CT molecular complexity index is 482. The highest BCUT2D eigenvalue weighted by atomic mass is 32.2. The second kappa shape index (κ2) is 5.22. The van der Waals surface area contributed by atoms with E-state index in [2.05, 4.69) is 0 Å². The maximum Gasteiger partial charge on any atom is 0.179 e. The van der Waals surface area contributed by atoms with Gasteiger partial charge in [-0.15, -0.1) is 11.8 Å². The van der Waals surface area contributed by atoms with E-state index in [0.717, 1.165) is 28.9 Å². The number of methoxy groups -OCH3 is 2. The number of hydrogen-bond acceptors (Lipinski definition) is 4. The van der Waals surface area contributed by atoms with Crippen LogP contribution in [0.3, 0.4) is 0 Å². The Labute approximate surface area is 112 Å². The molecule has 0 saturated heterocycles. The average Bonchev–Trinajstić information content (AvgIpc) is 2.39. The zero-order chi connectivity index (χ0) is 13.3. The maximum atomic E-state index is 12.5. The van der Waals surface area contributed by atoms with E-state index in [1.807, 2.05) is 19.9 Å². The van der Waals surface area contributed by atoms with E-state index in [9.17, 15) is 4.79 Å². The zero-order valence-corrected chi connectivity index (χ0v) is 12.0. The summed E-state index contributed by atoms with van der Waals surface area (Å²) in [5.41, 5.74) is 2.91. The van der Waals surface area contributed by atoms with E-state index in [1.54, 1.807) is 26.0 Å². The van der Waals surface area contributed by atoms with Gasteiger partial charge in [-0.05, 0) is 30.5 Å². The van der Waals surface area contributed by atoms with E-state index in [1.165, 1.54) is 0 Å². The highest BCUT2D eigenvalue weighted by molar-refractivity contribution is 8.00. The first-order chi connectivity index (χ1) is 8.63. The van der Waals surface area contributed by atoms with Crippen molar-refractivity contribution < 1.29 is 14.3 Å². The molecule has 0 fully saturated rings. The second-order valence-corrected chi connectivity index (χ2v) is 5.55. The summed E-state index contributed by atoms with van der Waals surface area (Å²) in [4.78, 5) is 12.5. The lowest BCUT2D eigenvalue weighted by molar-refractivity contribution is 0.0982. The average molecular weight is 266 g/mol. The predicted octanol–water partition coefficient (Wildman–Crippen LogP) is 3.22. The van der Waals surface area contributed by atoms with Crippen LogP contribution in [0.15, 0.2) is 6.07 Å². The molecular formula is C14H18O3S. The summed E-state index contributed by atoms with van der Waals surface area (Å²) in [7, 11) is 3.19. The molecule has 0 aliphatic carbocycles. The van der Waals surface area contributed by atoms with Crippen LogP contribution in [-0.2, 0) is 5.75 Å². The summed E-state index contributed by atoms with van der Waals surface area (Å²) in [5.74, 6) is 2.26. The summed E-state index contributed by atoms with van der Waals surface area (Å²) >= 11 is 1.71. The minimum absolute atomic E-state index is 0.0397. The number of aryl methyl sites for hydroxylation is 1. The fourth-order valence-electron chi connectivity index (χ4n) is 2.33. The molecule has 0 radical (unpaired) electrons. The van der Waals surface area contributed by atoms with Crippen LogP contribution in [0.4, 0.5) is 0 Å². The Kier molecular flexibility index (Phi) is 3.85. The van der Waals surface area contributed by atoms with Crippen LogP contribution >= 0.6 is 11.8 Å². The van der Waals surface area contributed by atoms with E-state index >= 15 is 0 Å². The van der Waals surface area contributed by atoms with Crippen LogP contribution in [0, 0.1) is 6.92 Å². The third kappa shape index (κ3) is 1.99. The number of ether oxygens (including phenoxy) is 2. The van der Waals surface area contributed by atoms with Crippen molar-refractivity contribution in [1.82, 2.24) is 0 Å². The summed E-state index contributed by atoms with van der Waals surface area (Å²) < 4.78 is 10.7. The molecule has 0 amide bonds. The molecule has 0 saturated carbocycles. The Morgan fingerprint density at radius 1 is 1.39 bits per heavy atom. The van der Waals surface area contributed by atoms with Gasteiger partial charge in [0, 0.05) is 5.75 Å². The van der Waals surface area contributed by atoms with Crippen molar-refractivity contribution in [1.29, 1.82) is 0 Å². The van der Waals surface area contributed by atoms with Crippen LogP contribution < -0.4 is 9.47 Å². The van der Waals surface area contributed by atoms with Gasteiger partial charge in [0.1, 0.15) is 0 Å². The van der Waals surface area contributed by atoms with Crippen molar-refractivity contribution in [2.24, 2.45) is 0 Å². The number of hydrogen-bond donors (Lipinski definition) is 0. The van der Waals surface area contributed by atoms with Crippen LogP contribution in [0.5, 0.6) is 11.5 Å². The third-order valence-corrected chi connectivity index (χ3v) is 4.74. The van der Waals surface area contributed by atoms with Crippen LogP contribution in [0.25, 0.3) is 0 Å². The van der Waals surface area contributed by atoms with Gasteiger partial charge in [0.05, 0.1) is 25.0 Å². The van der Waals surface area contributed by atoms with Crippen molar-refractivity contribution >= 4 is 17.5 Å².